The average Bonchev–Trinajstić information content (AvgIpc) is 3.22. The zero-order valence-electron chi connectivity index (χ0n) is 18.8. The van der Waals surface area contributed by atoms with Gasteiger partial charge in [-0.1, -0.05) is 6.07 Å². The van der Waals surface area contributed by atoms with Gasteiger partial charge in [-0.25, -0.2) is 9.78 Å². The van der Waals surface area contributed by atoms with E-state index in [0.717, 1.165) is 35.7 Å². The van der Waals surface area contributed by atoms with Crippen LogP contribution < -0.4 is 25.8 Å². The minimum atomic E-state index is -4.68. The molecule has 0 fully saturated rings. The fourth-order valence-corrected chi connectivity index (χ4v) is 3.75. The van der Waals surface area contributed by atoms with Crippen LogP contribution in [0.25, 0.3) is 10.9 Å². The number of nitrogen functional groups attached to an aromatic ring is 1. The molecule has 0 bridgehead atoms. The Balaban J connectivity index is 1.58. The number of carbonyl (C=O) groups excluding carboxylic acids is 1. The summed E-state index contributed by atoms with van der Waals surface area (Å²) in [5, 5.41) is 5.88. The van der Waals surface area contributed by atoms with Crippen LogP contribution in [0, 0.1) is 0 Å². The minimum Gasteiger partial charge on any atom is -0.496 e. The fourth-order valence-electron chi connectivity index (χ4n) is 3.75. The Morgan fingerprint density at radius 2 is 1.77 bits per heavy atom. The third-order valence-electron chi connectivity index (χ3n) is 5.34. The van der Waals surface area contributed by atoms with Crippen molar-refractivity contribution in [3.63, 3.8) is 0 Å². The van der Waals surface area contributed by atoms with E-state index in [1.807, 2.05) is 29.0 Å². The lowest BCUT2D eigenvalue weighted by Gasteiger charge is -2.17. The van der Waals surface area contributed by atoms with Gasteiger partial charge in [0, 0.05) is 30.4 Å². The molecule has 2 amide bonds. The van der Waals surface area contributed by atoms with Crippen molar-refractivity contribution in [2.24, 2.45) is 0 Å². The molecule has 35 heavy (non-hydrogen) atoms. The summed E-state index contributed by atoms with van der Waals surface area (Å²) in [5.74, 6) is 0.0222. The zero-order chi connectivity index (χ0) is 25.2. The van der Waals surface area contributed by atoms with Gasteiger partial charge in [0.25, 0.3) is 0 Å². The van der Waals surface area contributed by atoms with E-state index in [1.165, 1.54) is 7.11 Å². The van der Waals surface area contributed by atoms with Gasteiger partial charge in [0.1, 0.15) is 17.3 Å². The maximum absolute atomic E-state index is 13.4. The van der Waals surface area contributed by atoms with E-state index in [4.69, 9.17) is 15.2 Å². The van der Waals surface area contributed by atoms with Gasteiger partial charge in [-0.05, 0) is 42.0 Å². The lowest BCUT2D eigenvalue weighted by molar-refractivity contribution is -0.138. The Labute approximate surface area is 198 Å². The third kappa shape index (κ3) is 5.08. The summed E-state index contributed by atoms with van der Waals surface area (Å²) in [7, 11) is 2.41. The van der Waals surface area contributed by atoms with E-state index in [-0.39, 0.29) is 11.4 Å². The van der Waals surface area contributed by atoms with E-state index >= 15 is 0 Å². The number of halogens is 3. The van der Waals surface area contributed by atoms with Gasteiger partial charge in [-0.3, -0.25) is 0 Å². The first-order valence-corrected chi connectivity index (χ1v) is 10.4. The Hall–Kier alpha value is -4.41. The molecule has 2 heterocycles. The molecule has 0 saturated carbocycles. The van der Waals surface area contributed by atoms with Gasteiger partial charge >= 0.3 is 12.2 Å². The number of pyridine rings is 1. The van der Waals surface area contributed by atoms with Crippen molar-refractivity contribution in [2.75, 3.05) is 30.6 Å². The lowest BCUT2D eigenvalue weighted by Crippen LogP contribution is -2.20. The number of carbonyl (C=O) groups is 1. The number of hydrogen-bond donors (Lipinski definition) is 3. The van der Waals surface area contributed by atoms with Crippen molar-refractivity contribution in [2.45, 2.75) is 12.7 Å². The number of methoxy groups -OCH3 is 2. The molecule has 0 radical (unpaired) electrons. The normalized spacial score (nSPS) is 11.3. The van der Waals surface area contributed by atoms with Crippen molar-refractivity contribution in [1.82, 2.24) is 9.55 Å². The van der Waals surface area contributed by atoms with E-state index in [1.54, 1.807) is 24.4 Å². The first kappa shape index (κ1) is 23.7. The monoisotopic (exact) mass is 485 g/mol. The Kier molecular flexibility index (Phi) is 6.41. The van der Waals surface area contributed by atoms with Gasteiger partial charge < -0.3 is 30.4 Å². The number of aromatic nitrogens is 2. The third-order valence-corrected chi connectivity index (χ3v) is 5.34. The highest BCUT2D eigenvalue weighted by molar-refractivity contribution is 6.06. The Morgan fingerprint density at radius 1 is 1.03 bits per heavy atom. The molecule has 2 aromatic carbocycles. The molecule has 4 aromatic rings. The molecule has 2 aromatic heterocycles. The Bertz CT molecular complexity index is 1380. The number of nitrogens with one attached hydrogen (secondary N) is 2. The van der Waals surface area contributed by atoms with E-state index in [2.05, 4.69) is 15.6 Å². The van der Waals surface area contributed by atoms with Crippen LogP contribution in [0.3, 0.4) is 0 Å². The molecule has 0 aliphatic heterocycles. The van der Waals surface area contributed by atoms with Crippen molar-refractivity contribution >= 4 is 34.1 Å². The number of urea groups is 1. The van der Waals surface area contributed by atoms with Crippen molar-refractivity contribution in [1.29, 1.82) is 0 Å². The zero-order valence-corrected chi connectivity index (χ0v) is 18.8. The Morgan fingerprint density at radius 3 is 2.46 bits per heavy atom. The number of amides is 2. The molecule has 11 heteroatoms. The molecule has 4 rings (SSSR count). The van der Waals surface area contributed by atoms with Gasteiger partial charge in [-0.2, -0.15) is 13.2 Å². The highest BCUT2D eigenvalue weighted by atomic mass is 19.4. The van der Waals surface area contributed by atoms with Crippen molar-refractivity contribution < 1.29 is 27.4 Å². The molecular weight excluding hydrogens is 463 g/mol. The van der Waals surface area contributed by atoms with Crippen LogP contribution in [0.1, 0.15) is 11.1 Å². The summed E-state index contributed by atoms with van der Waals surface area (Å²) >= 11 is 0. The summed E-state index contributed by atoms with van der Waals surface area (Å²) < 4.78 is 52.2. The number of hydrogen-bond acceptors (Lipinski definition) is 5. The number of nitrogens with zero attached hydrogens (tertiary/aromatic N) is 2. The van der Waals surface area contributed by atoms with Crippen LogP contribution in [0.2, 0.25) is 0 Å². The number of anilines is 3. The molecule has 0 aliphatic carbocycles. The molecule has 0 spiro atoms. The second kappa shape index (κ2) is 9.45. The molecule has 8 nitrogen and oxygen atoms in total. The summed E-state index contributed by atoms with van der Waals surface area (Å²) in [6.45, 7) is 0.537. The van der Waals surface area contributed by atoms with Gasteiger partial charge in [0.2, 0.25) is 0 Å². The summed E-state index contributed by atoms with van der Waals surface area (Å²) in [6.07, 6.45) is -1.18. The van der Waals surface area contributed by atoms with E-state index < -0.39 is 23.5 Å². The first-order valence-electron chi connectivity index (χ1n) is 10.4. The summed E-state index contributed by atoms with van der Waals surface area (Å²) in [4.78, 5) is 16.7. The SMILES string of the molecule is COc1cc(OC)c(C(F)(F)F)cc1NC(=O)Nc1cccc2c1ccn2Cc1ccnc(N)c1. The highest BCUT2D eigenvalue weighted by Gasteiger charge is 2.35. The van der Waals surface area contributed by atoms with Gasteiger partial charge in [0.15, 0.2) is 0 Å². The number of nitrogens with two attached hydrogens (primary N) is 1. The number of rotatable bonds is 6. The maximum atomic E-state index is 13.4. The molecule has 0 unspecified atom stereocenters. The predicted octanol–water partition coefficient (Wildman–Crippen LogP) is 5.35. The second-order valence-corrected chi connectivity index (χ2v) is 7.60. The second-order valence-electron chi connectivity index (χ2n) is 7.60. The number of alkyl halides is 3. The standard InChI is InChI=1S/C24H22F3N5O3/c1-34-20-12-21(35-2)18(11-16(20)24(25,26)27)31-23(33)30-17-4-3-5-19-15(17)7-9-32(19)13-14-6-8-29-22(28)10-14/h3-12H,13H2,1-2H3,(H2,28,29)(H2,30,31,33). The van der Waals surface area contributed by atoms with Crippen LogP contribution in [-0.2, 0) is 12.7 Å². The molecular formula is C24H22F3N5O3. The lowest BCUT2D eigenvalue weighted by atomic mass is 10.1. The van der Waals surface area contributed by atoms with Crippen LogP contribution in [0.15, 0.2) is 60.9 Å². The van der Waals surface area contributed by atoms with Crippen LogP contribution in [-0.4, -0.2) is 29.8 Å². The predicted molar refractivity (Wildman–Crippen MR) is 127 cm³/mol. The topological polar surface area (TPSA) is 103 Å². The minimum absolute atomic E-state index is 0.0194. The molecule has 4 N–H and O–H groups in total. The molecule has 182 valence electrons. The molecule has 0 aliphatic rings. The van der Waals surface area contributed by atoms with E-state index in [0.29, 0.717) is 18.1 Å². The molecule has 0 saturated heterocycles. The number of benzene rings is 2. The highest BCUT2D eigenvalue weighted by Crippen LogP contribution is 2.42. The van der Waals surface area contributed by atoms with Gasteiger partial charge in [-0.15, -0.1) is 0 Å². The van der Waals surface area contributed by atoms with Crippen LogP contribution >= 0.6 is 0 Å². The van der Waals surface area contributed by atoms with Crippen LogP contribution in [0.5, 0.6) is 11.5 Å². The molecule has 0 atom stereocenters. The smallest absolute Gasteiger partial charge is 0.420 e. The average molecular weight is 485 g/mol. The number of ether oxygens (including phenoxy) is 2. The maximum Gasteiger partial charge on any atom is 0.420 e. The number of fused-ring (bicyclic) bond motifs is 1. The summed E-state index contributed by atoms with van der Waals surface area (Å²) in [6, 6.07) is 11.9. The van der Waals surface area contributed by atoms with Gasteiger partial charge in [0.05, 0.1) is 36.7 Å². The van der Waals surface area contributed by atoms with E-state index in [9.17, 15) is 18.0 Å². The largest absolute Gasteiger partial charge is 0.496 e. The summed E-state index contributed by atoms with van der Waals surface area (Å²) in [5.41, 5.74) is 6.86. The fraction of sp³-hybridized carbons (Fsp3) is 0.167. The van der Waals surface area contributed by atoms with Crippen LogP contribution in [0.4, 0.5) is 35.2 Å². The quantitative estimate of drug-likeness (QED) is 0.342. The van der Waals surface area contributed by atoms with Crippen molar-refractivity contribution in [3.05, 3.63) is 72.1 Å². The first-order chi connectivity index (χ1) is 16.7. The van der Waals surface area contributed by atoms with Crippen molar-refractivity contribution in [3.8, 4) is 11.5 Å².